The molecule has 0 saturated heterocycles. The van der Waals surface area contributed by atoms with Gasteiger partial charge in [-0.25, -0.2) is 4.79 Å². The van der Waals surface area contributed by atoms with E-state index >= 15 is 0 Å². The fourth-order valence-electron chi connectivity index (χ4n) is 4.38. The number of rotatable bonds is 6. The summed E-state index contributed by atoms with van der Waals surface area (Å²) < 4.78 is 2.19. The number of nitrogens with one attached hydrogen (secondary N) is 1. The Bertz CT molecular complexity index is 1070. The molecule has 168 valence electrons. The molecule has 2 aromatic carbocycles. The van der Waals surface area contributed by atoms with Crippen molar-refractivity contribution in [1.29, 1.82) is 0 Å². The number of urea groups is 1. The molecule has 4 nitrogen and oxygen atoms in total. The lowest BCUT2D eigenvalue weighted by Crippen LogP contribution is -2.43. The van der Waals surface area contributed by atoms with E-state index in [1.807, 2.05) is 54.3 Å². The second-order valence-electron chi connectivity index (χ2n) is 8.57. The van der Waals surface area contributed by atoms with Crippen LogP contribution < -0.4 is 5.32 Å². The first kappa shape index (κ1) is 22.8. The molecule has 4 rings (SSSR count). The van der Waals surface area contributed by atoms with Gasteiger partial charge in [0.15, 0.2) is 0 Å². The molecule has 2 amide bonds. The molecule has 1 N–H and O–H groups in total. The van der Waals surface area contributed by atoms with Gasteiger partial charge in [-0.05, 0) is 67.3 Å². The Hall–Kier alpha value is -2.43. The lowest BCUT2D eigenvalue weighted by atomic mass is 9.94. The zero-order valence-corrected chi connectivity index (χ0v) is 19.9. The number of anilines is 1. The summed E-state index contributed by atoms with van der Waals surface area (Å²) in [6.07, 6.45) is 7.70. The molecule has 1 saturated carbocycles. The van der Waals surface area contributed by atoms with E-state index in [-0.39, 0.29) is 12.1 Å². The van der Waals surface area contributed by atoms with Crippen molar-refractivity contribution in [2.24, 2.45) is 0 Å². The average Bonchev–Trinajstić information content (AvgIpc) is 3.21. The van der Waals surface area contributed by atoms with Gasteiger partial charge >= 0.3 is 6.03 Å². The second-order valence-corrected chi connectivity index (χ2v) is 9.41. The molecule has 0 unspecified atom stereocenters. The highest BCUT2D eigenvalue weighted by Gasteiger charge is 2.26. The summed E-state index contributed by atoms with van der Waals surface area (Å²) in [6.45, 7) is 3.23. The van der Waals surface area contributed by atoms with Gasteiger partial charge < -0.3 is 14.8 Å². The van der Waals surface area contributed by atoms with Crippen LogP contribution in [0.15, 0.2) is 60.8 Å². The molecular weight excluding hydrogens is 441 g/mol. The van der Waals surface area contributed by atoms with Crippen LogP contribution in [0.25, 0.3) is 0 Å². The molecule has 1 heterocycles. The van der Waals surface area contributed by atoms with Crippen LogP contribution in [0.5, 0.6) is 0 Å². The van der Waals surface area contributed by atoms with Crippen molar-refractivity contribution in [2.75, 3.05) is 5.32 Å². The molecule has 1 aromatic heterocycles. The van der Waals surface area contributed by atoms with Gasteiger partial charge in [0.25, 0.3) is 0 Å². The second kappa shape index (κ2) is 10.5. The average molecular weight is 470 g/mol. The first-order valence-electron chi connectivity index (χ1n) is 11.2. The van der Waals surface area contributed by atoms with Crippen molar-refractivity contribution in [1.82, 2.24) is 9.47 Å². The van der Waals surface area contributed by atoms with Crippen LogP contribution in [0.2, 0.25) is 10.0 Å². The highest BCUT2D eigenvalue weighted by Crippen LogP contribution is 2.26. The van der Waals surface area contributed by atoms with Crippen molar-refractivity contribution in [3.05, 3.63) is 87.7 Å². The van der Waals surface area contributed by atoms with E-state index in [1.54, 1.807) is 0 Å². The van der Waals surface area contributed by atoms with Gasteiger partial charge in [0, 0.05) is 40.2 Å². The van der Waals surface area contributed by atoms with Crippen LogP contribution in [0.3, 0.4) is 0 Å². The van der Waals surface area contributed by atoms with Crippen LogP contribution in [0, 0.1) is 6.92 Å². The van der Waals surface area contributed by atoms with Gasteiger partial charge in [0.2, 0.25) is 0 Å². The van der Waals surface area contributed by atoms with Crippen LogP contribution in [0.4, 0.5) is 10.5 Å². The zero-order chi connectivity index (χ0) is 22.5. The largest absolute Gasteiger partial charge is 0.345 e. The molecule has 1 aliphatic rings. The number of carbonyl (C=O) groups excluding carboxylic acids is 1. The van der Waals surface area contributed by atoms with E-state index < -0.39 is 0 Å². The number of halogens is 2. The number of aromatic nitrogens is 1. The summed E-state index contributed by atoms with van der Waals surface area (Å²) in [7, 11) is 0. The maximum Gasteiger partial charge on any atom is 0.322 e. The standard InChI is InChI=1S/C26H29Cl2N3O/c1-19-12-13-22(16-25(19)28)29-26(32)31(23-9-3-2-4-10-23)18-24-11-6-14-30(24)17-20-7-5-8-21(27)15-20/h5-8,11-16,23H,2-4,9-10,17-18H2,1H3,(H,29,32). The summed E-state index contributed by atoms with van der Waals surface area (Å²) in [5.41, 5.74) is 3.96. The number of carbonyl (C=O) groups is 1. The highest BCUT2D eigenvalue weighted by atomic mass is 35.5. The first-order chi connectivity index (χ1) is 15.5. The molecule has 3 aromatic rings. The van der Waals surface area contributed by atoms with Crippen molar-refractivity contribution in [2.45, 2.75) is 58.2 Å². The third kappa shape index (κ3) is 5.67. The van der Waals surface area contributed by atoms with Crippen molar-refractivity contribution in [3.63, 3.8) is 0 Å². The summed E-state index contributed by atoms with van der Waals surface area (Å²) in [4.78, 5) is 15.4. The molecule has 1 aliphatic carbocycles. The van der Waals surface area contributed by atoms with Gasteiger partial charge in [0.05, 0.1) is 6.54 Å². The number of benzene rings is 2. The Morgan fingerprint density at radius 1 is 1.06 bits per heavy atom. The predicted molar refractivity (Wildman–Crippen MR) is 133 cm³/mol. The quantitative estimate of drug-likeness (QED) is 0.398. The number of aryl methyl sites for hydroxylation is 1. The summed E-state index contributed by atoms with van der Waals surface area (Å²) in [6, 6.07) is 17.8. The fourth-order valence-corrected chi connectivity index (χ4v) is 4.77. The Morgan fingerprint density at radius 2 is 1.88 bits per heavy atom. The number of nitrogens with zero attached hydrogens (tertiary/aromatic N) is 2. The minimum absolute atomic E-state index is 0.0766. The summed E-state index contributed by atoms with van der Waals surface area (Å²) >= 11 is 12.4. The molecule has 0 bridgehead atoms. The smallest absolute Gasteiger partial charge is 0.322 e. The van der Waals surface area contributed by atoms with E-state index in [2.05, 4.69) is 28.2 Å². The minimum atomic E-state index is -0.0766. The number of hydrogen-bond acceptors (Lipinski definition) is 1. The van der Waals surface area contributed by atoms with Crippen molar-refractivity contribution in [3.8, 4) is 0 Å². The zero-order valence-electron chi connectivity index (χ0n) is 18.4. The van der Waals surface area contributed by atoms with E-state index in [9.17, 15) is 4.79 Å². The maximum atomic E-state index is 13.4. The molecular formula is C26H29Cl2N3O. The van der Waals surface area contributed by atoms with Gasteiger partial charge in [0.1, 0.15) is 0 Å². The molecule has 0 atom stereocenters. The monoisotopic (exact) mass is 469 g/mol. The lowest BCUT2D eigenvalue weighted by Gasteiger charge is -2.34. The van der Waals surface area contributed by atoms with Gasteiger partial charge in [-0.3, -0.25) is 0 Å². The van der Waals surface area contributed by atoms with Crippen LogP contribution in [0.1, 0.15) is 48.9 Å². The lowest BCUT2D eigenvalue weighted by molar-refractivity contribution is 0.161. The first-order valence-corrected chi connectivity index (χ1v) is 12.0. The van der Waals surface area contributed by atoms with Gasteiger partial charge in [-0.2, -0.15) is 0 Å². The number of hydrogen-bond donors (Lipinski definition) is 1. The summed E-state index contributed by atoms with van der Waals surface area (Å²) in [5, 5.41) is 4.46. The molecule has 0 radical (unpaired) electrons. The van der Waals surface area contributed by atoms with Crippen LogP contribution >= 0.6 is 23.2 Å². The number of amides is 2. The predicted octanol–water partition coefficient (Wildman–Crippen LogP) is 7.52. The maximum absolute atomic E-state index is 13.4. The third-order valence-corrected chi connectivity index (χ3v) is 6.84. The topological polar surface area (TPSA) is 37.3 Å². The minimum Gasteiger partial charge on any atom is -0.345 e. The van der Waals surface area contributed by atoms with E-state index in [4.69, 9.17) is 23.2 Å². The van der Waals surface area contributed by atoms with Gasteiger partial charge in [-0.15, -0.1) is 0 Å². The molecule has 0 aliphatic heterocycles. The molecule has 0 spiro atoms. The molecule has 6 heteroatoms. The van der Waals surface area contributed by atoms with Gasteiger partial charge in [-0.1, -0.05) is 60.7 Å². The van der Waals surface area contributed by atoms with E-state index in [0.717, 1.165) is 59.8 Å². The third-order valence-electron chi connectivity index (χ3n) is 6.20. The van der Waals surface area contributed by atoms with E-state index in [1.165, 1.54) is 6.42 Å². The van der Waals surface area contributed by atoms with Crippen molar-refractivity contribution < 1.29 is 4.79 Å². The van der Waals surface area contributed by atoms with Crippen molar-refractivity contribution >= 4 is 34.9 Å². The Morgan fingerprint density at radius 3 is 2.62 bits per heavy atom. The fraction of sp³-hybridized carbons (Fsp3) is 0.346. The Balaban J connectivity index is 1.54. The van der Waals surface area contributed by atoms with Crippen LogP contribution in [-0.4, -0.2) is 21.5 Å². The molecule has 1 fully saturated rings. The Kier molecular flexibility index (Phi) is 7.44. The van der Waals surface area contributed by atoms with Crippen LogP contribution in [-0.2, 0) is 13.1 Å². The summed E-state index contributed by atoms with van der Waals surface area (Å²) in [5.74, 6) is 0. The van der Waals surface area contributed by atoms with E-state index in [0.29, 0.717) is 11.6 Å². The SMILES string of the molecule is Cc1ccc(NC(=O)N(Cc2cccn2Cc2cccc(Cl)c2)C2CCCCC2)cc1Cl. The normalized spacial score (nSPS) is 14.3. The highest BCUT2D eigenvalue weighted by molar-refractivity contribution is 6.31. The Labute approximate surface area is 200 Å². The molecule has 32 heavy (non-hydrogen) atoms.